The van der Waals surface area contributed by atoms with Crippen LogP contribution < -0.4 is 10.6 Å². The van der Waals surface area contributed by atoms with Gasteiger partial charge in [0.25, 0.3) is 0 Å². The van der Waals surface area contributed by atoms with E-state index in [9.17, 15) is 4.79 Å². The highest BCUT2D eigenvalue weighted by Gasteiger charge is 2.19. The molecule has 25 heavy (non-hydrogen) atoms. The third-order valence-corrected chi connectivity index (χ3v) is 4.72. The van der Waals surface area contributed by atoms with Crippen molar-refractivity contribution in [3.63, 3.8) is 0 Å². The average Bonchev–Trinajstić information content (AvgIpc) is 3.07. The lowest BCUT2D eigenvalue weighted by molar-refractivity contribution is -0.116. The normalized spacial score (nSPS) is 17.4. The Labute approximate surface area is 158 Å². The third-order valence-electron chi connectivity index (χ3n) is 4.23. The lowest BCUT2D eigenvalue weighted by atomic mass is 10.1. The first-order valence-electron chi connectivity index (χ1n) is 8.55. The number of hydrogen-bond acceptors (Lipinski definition) is 3. The fourth-order valence-electron chi connectivity index (χ4n) is 2.85. The van der Waals surface area contributed by atoms with Gasteiger partial charge in [-0.05, 0) is 37.1 Å². The number of ether oxygens (including phenoxy) is 1. The highest BCUT2D eigenvalue weighted by molar-refractivity contribution is 9.10. The first-order valence-corrected chi connectivity index (χ1v) is 9.34. The molecule has 1 aromatic carbocycles. The van der Waals surface area contributed by atoms with Gasteiger partial charge in [0, 0.05) is 56.3 Å². The van der Waals surface area contributed by atoms with Gasteiger partial charge >= 0.3 is 0 Å². The molecule has 1 atom stereocenters. The van der Waals surface area contributed by atoms with E-state index in [1.807, 2.05) is 32.2 Å². The van der Waals surface area contributed by atoms with E-state index in [1.165, 1.54) is 0 Å². The molecule has 1 fully saturated rings. The van der Waals surface area contributed by atoms with E-state index in [2.05, 4.69) is 36.5 Å². The summed E-state index contributed by atoms with van der Waals surface area (Å²) >= 11 is 3.42. The highest BCUT2D eigenvalue weighted by Crippen LogP contribution is 2.20. The van der Waals surface area contributed by atoms with Crippen molar-refractivity contribution in [3.8, 4) is 0 Å². The minimum Gasteiger partial charge on any atom is -0.381 e. The van der Waals surface area contributed by atoms with Crippen molar-refractivity contribution in [2.45, 2.75) is 19.8 Å². The minimum absolute atomic E-state index is 0.0137. The number of amides is 1. The van der Waals surface area contributed by atoms with E-state index in [4.69, 9.17) is 4.74 Å². The van der Waals surface area contributed by atoms with Gasteiger partial charge in [-0.2, -0.15) is 0 Å². The molecular formula is C18H27BrN4O2. The fourth-order valence-corrected chi connectivity index (χ4v) is 3.33. The zero-order valence-electron chi connectivity index (χ0n) is 15.1. The molecule has 0 aromatic heterocycles. The number of benzene rings is 1. The van der Waals surface area contributed by atoms with Crippen LogP contribution in [-0.4, -0.2) is 57.2 Å². The van der Waals surface area contributed by atoms with Crippen LogP contribution in [0.5, 0.6) is 0 Å². The molecule has 1 amide bonds. The van der Waals surface area contributed by atoms with Gasteiger partial charge < -0.3 is 20.3 Å². The van der Waals surface area contributed by atoms with E-state index in [0.29, 0.717) is 18.9 Å². The second-order valence-electron chi connectivity index (χ2n) is 6.34. The largest absolute Gasteiger partial charge is 0.381 e. The highest BCUT2D eigenvalue weighted by atomic mass is 79.9. The van der Waals surface area contributed by atoms with Crippen LogP contribution in [-0.2, 0) is 9.53 Å². The number of hydrogen-bond donors (Lipinski definition) is 2. The van der Waals surface area contributed by atoms with Crippen LogP contribution >= 0.6 is 15.9 Å². The summed E-state index contributed by atoms with van der Waals surface area (Å²) in [4.78, 5) is 18.5. The molecule has 0 radical (unpaired) electrons. The van der Waals surface area contributed by atoms with Crippen LogP contribution in [0.2, 0.25) is 0 Å². The van der Waals surface area contributed by atoms with Gasteiger partial charge in [0.05, 0.1) is 6.61 Å². The van der Waals surface area contributed by atoms with Crippen LogP contribution in [0.4, 0.5) is 5.69 Å². The lowest BCUT2D eigenvalue weighted by Crippen LogP contribution is -2.42. The number of aliphatic imine (C=N–C) groups is 1. The second-order valence-corrected chi connectivity index (χ2v) is 7.26. The van der Waals surface area contributed by atoms with Gasteiger partial charge in [0.1, 0.15) is 0 Å². The molecule has 7 heteroatoms. The number of nitrogens with one attached hydrogen (secondary N) is 2. The number of carbonyl (C=O) groups excluding carboxylic acids is 1. The predicted molar refractivity (Wildman–Crippen MR) is 105 cm³/mol. The Morgan fingerprint density at radius 2 is 2.28 bits per heavy atom. The van der Waals surface area contributed by atoms with Crippen molar-refractivity contribution in [1.29, 1.82) is 0 Å². The van der Waals surface area contributed by atoms with Crippen molar-refractivity contribution in [3.05, 3.63) is 28.2 Å². The zero-order chi connectivity index (χ0) is 18.2. The molecule has 1 aliphatic heterocycles. The molecule has 0 saturated carbocycles. The Morgan fingerprint density at radius 3 is 2.92 bits per heavy atom. The Balaban J connectivity index is 1.74. The number of nitrogens with zero attached hydrogens (tertiary/aromatic N) is 2. The number of rotatable bonds is 6. The number of anilines is 1. The van der Waals surface area contributed by atoms with Gasteiger partial charge in [-0.1, -0.05) is 15.9 Å². The molecule has 1 aliphatic rings. The Hall–Kier alpha value is -1.60. The van der Waals surface area contributed by atoms with E-state index in [-0.39, 0.29) is 5.91 Å². The lowest BCUT2D eigenvalue weighted by Gasteiger charge is -2.24. The standard InChI is InChI=1S/C18H27BrN4O2/c1-13-10-15(19)4-5-16(13)22-17(24)6-8-21-18(20-2)23(3)11-14-7-9-25-12-14/h4-5,10,14H,6-9,11-12H2,1-3H3,(H,20,21)(H,22,24). The fraction of sp³-hybridized carbons (Fsp3) is 0.556. The molecule has 138 valence electrons. The molecule has 0 bridgehead atoms. The summed E-state index contributed by atoms with van der Waals surface area (Å²) in [7, 11) is 3.77. The van der Waals surface area contributed by atoms with Crippen molar-refractivity contribution in [2.75, 3.05) is 45.7 Å². The van der Waals surface area contributed by atoms with Crippen molar-refractivity contribution >= 4 is 33.5 Å². The van der Waals surface area contributed by atoms with E-state index >= 15 is 0 Å². The summed E-state index contributed by atoms with van der Waals surface area (Å²) in [5, 5.41) is 6.20. The monoisotopic (exact) mass is 410 g/mol. The van der Waals surface area contributed by atoms with Crippen molar-refractivity contribution < 1.29 is 9.53 Å². The van der Waals surface area contributed by atoms with Gasteiger partial charge in [-0.15, -0.1) is 0 Å². The van der Waals surface area contributed by atoms with Crippen LogP contribution in [0.25, 0.3) is 0 Å². The third kappa shape index (κ3) is 6.32. The molecule has 0 spiro atoms. The maximum Gasteiger partial charge on any atom is 0.226 e. The Morgan fingerprint density at radius 1 is 1.48 bits per heavy atom. The maximum atomic E-state index is 12.1. The molecule has 1 unspecified atom stereocenters. The van der Waals surface area contributed by atoms with Gasteiger partial charge in [-0.25, -0.2) is 0 Å². The molecular weight excluding hydrogens is 384 g/mol. The summed E-state index contributed by atoms with van der Waals surface area (Å²) in [6.45, 7) is 5.09. The van der Waals surface area contributed by atoms with Crippen LogP contribution in [0.15, 0.2) is 27.7 Å². The minimum atomic E-state index is -0.0137. The first kappa shape index (κ1) is 19.7. The van der Waals surface area contributed by atoms with Crippen LogP contribution in [0.3, 0.4) is 0 Å². The number of guanidine groups is 1. The molecule has 0 aliphatic carbocycles. The van der Waals surface area contributed by atoms with Crippen molar-refractivity contribution in [1.82, 2.24) is 10.2 Å². The van der Waals surface area contributed by atoms with E-state index in [0.717, 1.165) is 47.9 Å². The molecule has 1 aromatic rings. The summed E-state index contributed by atoms with van der Waals surface area (Å²) in [5.41, 5.74) is 1.88. The van der Waals surface area contributed by atoms with E-state index < -0.39 is 0 Å². The summed E-state index contributed by atoms with van der Waals surface area (Å²) in [6.07, 6.45) is 1.48. The van der Waals surface area contributed by atoms with Gasteiger partial charge in [0.15, 0.2) is 5.96 Å². The molecule has 1 heterocycles. The second kappa shape index (κ2) is 9.77. The quantitative estimate of drug-likeness (QED) is 0.558. The van der Waals surface area contributed by atoms with Crippen LogP contribution in [0, 0.1) is 12.8 Å². The number of aryl methyl sites for hydroxylation is 1. The Kier molecular flexibility index (Phi) is 7.71. The summed E-state index contributed by atoms with van der Waals surface area (Å²) < 4.78 is 6.42. The molecule has 1 saturated heterocycles. The topological polar surface area (TPSA) is 66.0 Å². The van der Waals surface area contributed by atoms with Gasteiger partial charge in [0.2, 0.25) is 5.91 Å². The van der Waals surface area contributed by atoms with Gasteiger partial charge in [-0.3, -0.25) is 9.79 Å². The number of carbonyl (C=O) groups is 1. The molecule has 6 nitrogen and oxygen atoms in total. The Bertz CT molecular complexity index is 615. The predicted octanol–water partition coefficient (Wildman–Crippen LogP) is 2.63. The average molecular weight is 411 g/mol. The van der Waals surface area contributed by atoms with Crippen molar-refractivity contribution in [2.24, 2.45) is 10.9 Å². The van der Waals surface area contributed by atoms with E-state index in [1.54, 1.807) is 7.05 Å². The summed E-state index contributed by atoms with van der Waals surface area (Å²) in [5.74, 6) is 1.34. The first-order chi connectivity index (χ1) is 12.0. The van der Waals surface area contributed by atoms with Crippen LogP contribution in [0.1, 0.15) is 18.4 Å². The molecule has 2 rings (SSSR count). The summed E-state index contributed by atoms with van der Waals surface area (Å²) in [6, 6.07) is 5.81. The molecule has 2 N–H and O–H groups in total. The smallest absolute Gasteiger partial charge is 0.226 e. The SMILES string of the molecule is CN=C(NCCC(=O)Nc1ccc(Br)cc1C)N(C)CC1CCOC1. The number of halogens is 1. The zero-order valence-corrected chi connectivity index (χ0v) is 16.7. The maximum absolute atomic E-state index is 12.1.